The van der Waals surface area contributed by atoms with E-state index >= 15 is 0 Å². The van der Waals surface area contributed by atoms with E-state index in [9.17, 15) is 0 Å². The fourth-order valence-electron chi connectivity index (χ4n) is 3.14. The third-order valence-electron chi connectivity index (χ3n) is 4.49. The highest BCUT2D eigenvalue weighted by Crippen LogP contribution is 2.27. The molecule has 1 fully saturated rings. The van der Waals surface area contributed by atoms with Gasteiger partial charge < -0.3 is 15.5 Å². The van der Waals surface area contributed by atoms with Gasteiger partial charge in [-0.15, -0.1) is 0 Å². The van der Waals surface area contributed by atoms with Crippen LogP contribution < -0.4 is 10.6 Å². The van der Waals surface area contributed by atoms with E-state index in [0.717, 1.165) is 36.4 Å². The Labute approximate surface area is 125 Å². The number of piperidine rings is 1. The maximum Gasteiger partial charge on any atom is 0.222 e. The highest BCUT2D eigenvalue weighted by Gasteiger charge is 2.24. The molecule has 0 saturated carbocycles. The number of aromatic nitrogens is 2. The van der Waals surface area contributed by atoms with Crippen molar-refractivity contribution in [2.24, 2.45) is 0 Å². The first-order valence-corrected chi connectivity index (χ1v) is 7.66. The molecule has 1 saturated heterocycles. The molecule has 0 radical (unpaired) electrons. The Morgan fingerprint density at radius 1 is 1.24 bits per heavy atom. The molecule has 0 atom stereocenters. The van der Waals surface area contributed by atoms with Gasteiger partial charge in [0.1, 0.15) is 5.82 Å². The Morgan fingerprint density at radius 3 is 2.67 bits per heavy atom. The number of fused-ring (bicyclic) bond motifs is 1. The number of anilines is 2. The lowest BCUT2D eigenvalue weighted by atomic mass is 10.0. The van der Waals surface area contributed by atoms with Gasteiger partial charge in [-0.1, -0.05) is 19.1 Å². The van der Waals surface area contributed by atoms with Gasteiger partial charge >= 0.3 is 0 Å². The van der Waals surface area contributed by atoms with Gasteiger partial charge in [-0.25, -0.2) is 4.98 Å². The predicted octanol–water partition coefficient (Wildman–Crippen LogP) is 2.13. The average molecular weight is 285 g/mol. The predicted molar refractivity (Wildman–Crippen MR) is 87.5 cm³/mol. The normalized spacial score (nSPS) is 17.2. The zero-order valence-electron chi connectivity index (χ0n) is 12.8. The average Bonchev–Trinajstić information content (AvgIpc) is 2.53. The second kappa shape index (κ2) is 5.85. The van der Waals surface area contributed by atoms with Crippen molar-refractivity contribution in [2.75, 3.05) is 37.3 Å². The van der Waals surface area contributed by atoms with Gasteiger partial charge in [0.05, 0.1) is 5.52 Å². The molecule has 2 aromatic rings. The number of nitrogen functional groups attached to an aromatic ring is 1. The summed E-state index contributed by atoms with van der Waals surface area (Å²) in [7, 11) is 2.13. The maximum atomic E-state index is 5.88. The number of rotatable bonds is 3. The Balaban J connectivity index is 1.89. The van der Waals surface area contributed by atoms with Crippen molar-refractivity contribution in [3.8, 4) is 0 Å². The summed E-state index contributed by atoms with van der Waals surface area (Å²) in [5, 5.41) is 1.08. The smallest absolute Gasteiger partial charge is 0.222 e. The molecule has 0 bridgehead atoms. The lowest BCUT2D eigenvalue weighted by Gasteiger charge is -2.37. The van der Waals surface area contributed by atoms with E-state index in [1.54, 1.807) is 0 Å². The van der Waals surface area contributed by atoms with Crippen LogP contribution in [0.1, 0.15) is 19.8 Å². The van der Waals surface area contributed by atoms with Crippen molar-refractivity contribution in [3.63, 3.8) is 0 Å². The zero-order chi connectivity index (χ0) is 14.8. The van der Waals surface area contributed by atoms with E-state index in [2.05, 4.69) is 39.8 Å². The molecule has 2 heterocycles. The topological polar surface area (TPSA) is 58.3 Å². The van der Waals surface area contributed by atoms with E-state index in [-0.39, 0.29) is 0 Å². The quantitative estimate of drug-likeness (QED) is 0.936. The van der Waals surface area contributed by atoms with Gasteiger partial charge in [0.2, 0.25) is 5.95 Å². The Bertz CT molecular complexity index is 619. The number of hydrogen-bond acceptors (Lipinski definition) is 5. The molecule has 3 rings (SSSR count). The SMILES string of the molecule is CCN1CCC(N(C)c2nc(N)nc3ccccc23)CC1. The molecule has 5 heteroatoms. The molecule has 21 heavy (non-hydrogen) atoms. The van der Waals surface area contributed by atoms with Gasteiger partial charge in [0.25, 0.3) is 0 Å². The number of nitrogens with two attached hydrogens (primary N) is 1. The minimum atomic E-state index is 0.349. The number of hydrogen-bond donors (Lipinski definition) is 1. The van der Waals surface area contributed by atoms with Crippen molar-refractivity contribution >= 4 is 22.7 Å². The summed E-state index contributed by atoms with van der Waals surface area (Å²) >= 11 is 0. The highest BCUT2D eigenvalue weighted by atomic mass is 15.2. The fourth-order valence-corrected chi connectivity index (χ4v) is 3.14. The number of para-hydroxylation sites is 1. The van der Waals surface area contributed by atoms with Gasteiger partial charge in [-0.05, 0) is 31.5 Å². The molecule has 1 aromatic heterocycles. The first-order chi connectivity index (χ1) is 10.2. The van der Waals surface area contributed by atoms with Gasteiger partial charge in [0.15, 0.2) is 0 Å². The highest BCUT2D eigenvalue weighted by molar-refractivity contribution is 5.90. The molecule has 1 aliphatic rings. The summed E-state index contributed by atoms with van der Waals surface area (Å²) in [6.07, 6.45) is 2.34. The Hall–Kier alpha value is -1.88. The molecule has 0 unspecified atom stereocenters. The minimum Gasteiger partial charge on any atom is -0.368 e. The molecular formula is C16H23N5. The summed E-state index contributed by atoms with van der Waals surface area (Å²) in [4.78, 5) is 13.6. The van der Waals surface area contributed by atoms with Crippen molar-refractivity contribution < 1.29 is 0 Å². The molecule has 1 aliphatic heterocycles. The molecule has 0 spiro atoms. The molecular weight excluding hydrogens is 262 g/mol. The number of nitrogens with zero attached hydrogens (tertiary/aromatic N) is 4. The Kier molecular flexibility index (Phi) is 3.92. The summed E-state index contributed by atoms with van der Waals surface area (Å²) in [5.41, 5.74) is 6.79. The molecule has 0 aliphatic carbocycles. The van der Waals surface area contributed by atoms with Crippen LogP contribution in [0, 0.1) is 0 Å². The van der Waals surface area contributed by atoms with Crippen LogP contribution in [-0.2, 0) is 0 Å². The van der Waals surface area contributed by atoms with E-state index in [0.29, 0.717) is 12.0 Å². The summed E-state index contributed by atoms with van der Waals surface area (Å²) in [6.45, 7) is 5.68. The summed E-state index contributed by atoms with van der Waals surface area (Å²) < 4.78 is 0. The molecule has 2 N–H and O–H groups in total. The standard InChI is InChI=1S/C16H23N5/c1-3-21-10-8-12(9-11-21)20(2)15-13-6-4-5-7-14(13)18-16(17)19-15/h4-7,12H,3,8-11H2,1-2H3,(H2,17,18,19). The fraction of sp³-hybridized carbons (Fsp3) is 0.500. The van der Waals surface area contributed by atoms with Crippen LogP contribution in [0.3, 0.4) is 0 Å². The van der Waals surface area contributed by atoms with Crippen LogP contribution in [0.15, 0.2) is 24.3 Å². The second-order valence-corrected chi connectivity index (χ2v) is 5.70. The third-order valence-corrected chi connectivity index (χ3v) is 4.49. The first kappa shape index (κ1) is 14.1. The van der Waals surface area contributed by atoms with Crippen LogP contribution in [-0.4, -0.2) is 47.6 Å². The van der Waals surface area contributed by atoms with E-state index in [1.807, 2.05) is 18.2 Å². The summed E-state index contributed by atoms with van der Waals surface area (Å²) in [6, 6.07) is 8.59. The lowest BCUT2D eigenvalue weighted by Crippen LogP contribution is -2.43. The van der Waals surface area contributed by atoms with E-state index in [4.69, 9.17) is 5.73 Å². The summed E-state index contributed by atoms with van der Waals surface area (Å²) in [5.74, 6) is 1.30. The van der Waals surface area contributed by atoms with Crippen LogP contribution in [0.25, 0.3) is 10.9 Å². The lowest BCUT2D eigenvalue weighted by molar-refractivity contribution is 0.220. The monoisotopic (exact) mass is 285 g/mol. The van der Waals surface area contributed by atoms with Gasteiger partial charge in [-0.3, -0.25) is 0 Å². The van der Waals surface area contributed by atoms with E-state index < -0.39 is 0 Å². The van der Waals surface area contributed by atoms with Crippen LogP contribution >= 0.6 is 0 Å². The first-order valence-electron chi connectivity index (χ1n) is 7.66. The van der Waals surface area contributed by atoms with Gasteiger partial charge in [0, 0.05) is 31.6 Å². The molecule has 112 valence electrons. The largest absolute Gasteiger partial charge is 0.368 e. The number of benzene rings is 1. The second-order valence-electron chi connectivity index (χ2n) is 5.70. The van der Waals surface area contributed by atoms with Crippen LogP contribution in [0.2, 0.25) is 0 Å². The third kappa shape index (κ3) is 2.78. The van der Waals surface area contributed by atoms with Crippen molar-refractivity contribution in [2.45, 2.75) is 25.8 Å². The minimum absolute atomic E-state index is 0.349. The number of likely N-dealkylation sites (tertiary alicyclic amines) is 1. The molecule has 5 nitrogen and oxygen atoms in total. The van der Waals surface area contributed by atoms with Crippen molar-refractivity contribution in [3.05, 3.63) is 24.3 Å². The van der Waals surface area contributed by atoms with E-state index in [1.165, 1.54) is 12.8 Å². The van der Waals surface area contributed by atoms with Crippen molar-refractivity contribution in [1.29, 1.82) is 0 Å². The molecule has 0 amide bonds. The maximum absolute atomic E-state index is 5.88. The zero-order valence-corrected chi connectivity index (χ0v) is 12.8. The van der Waals surface area contributed by atoms with Gasteiger partial charge in [-0.2, -0.15) is 4.98 Å². The van der Waals surface area contributed by atoms with Crippen molar-refractivity contribution in [1.82, 2.24) is 14.9 Å². The Morgan fingerprint density at radius 2 is 1.95 bits per heavy atom. The van der Waals surface area contributed by atoms with Crippen LogP contribution in [0.5, 0.6) is 0 Å². The van der Waals surface area contributed by atoms with Crippen LogP contribution in [0.4, 0.5) is 11.8 Å². The molecule has 1 aromatic carbocycles.